The minimum atomic E-state index is -0.0189. The summed E-state index contributed by atoms with van der Waals surface area (Å²) in [4.78, 5) is 19.0. The highest BCUT2D eigenvalue weighted by Crippen LogP contribution is 2.40. The van der Waals surface area contributed by atoms with Crippen molar-refractivity contribution < 1.29 is 9.53 Å². The Bertz CT molecular complexity index is 705. The molecule has 6 nitrogen and oxygen atoms in total. The number of hydrogen-bond donors (Lipinski definition) is 0. The summed E-state index contributed by atoms with van der Waals surface area (Å²) in [7, 11) is 5.34. The number of methoxy groups -OCH3 is 1. The number of aryl methyl sites for hydroxylation is 1. The van der Waals surface area contributed by atoms with Gasteiger partial charge in [0.05, 0.1) is 23.5 Å². The first-order chi connectivity index (χ1) is 11.0. The van der Waals surface area contributed by atoms with Gasteiger partial charge in [0.1, 0.15) is 11.1 Å². The molecule has 0 aliphatic heterocycles. The summed E-state index contributed by atoms with van der Waals surface area (Å²) in [5.41, 5.74) is 2.55. The number of nitrogens with zero attached hydrogens (tertiary/aromatic N) is 4. The predicted molar refractivity (Wildman–Crippen MR) is 88.5 cm³/mol. The molecule has 1 amide bonds. The van der Waals surface area contributed by atoms with E-state index in [1.165, 1.54) is 0 Å². The molecule has 0 spiro atoms. The van der Waals surface area contributed by atoms with Crippen LogP contribution in [0.4, 0.5) is 0 Å². The van der Waals surface area contributed by atoms with Crippen LogP contribution in [0.25, 0.3) is 0 Å². The van der Waals surface area contributed by atoms with Crippen LogP contribution in [0.2, 0.25) is 0 Å². The van der Waals surface area contributed by atoms with Gasteiger partial charge in [-0.15, -0.1) is 11.3 Å². The third kappa shape index (κ3) is 3.45. The van der Waals surface area contributed by atoms with Crippen LogP contribution in [0, 0.1) is 0 Å². The maximum Gasteiger partial charge on any atom is 0.257 e. The lowest BCUT2D eigenvalue weighted by Gasteiger charge is -2.15. The lowest BCUT2D eigenvalue weighted by Crippen LogP contribution is -2.27. The van der Waals surface area contributed by atoms with Crippen LogP contribution >= 0.6 is 11.3 Å². The molecule has 1 atom stereocenters. The Morgan fingerprint density at radius 3 is 2.96 bits per heavy atom. The van der Waals surface area contributed by atoms with E-state index < -0.39 is 0 Å². The third-order valence-corrected chi connectivity index (χ3v) is 5.12. The van der Waals surface area contributed by atoms with E-state index in [0.29, 0.717) is 12.5 Å². The van der Waals surface area contributed by atoms with Gasteiger partial charge in [0.15, 0.2) is 0 Å². The molecule has 0 aromatic carbocycles. The van der Waals surface area contributed by atoms with Gasteiger partial charge in [-0.1, -0.05) is 0 Å². The molecule has 0 N–H and O–H groups in total. The summed E-state index contributed by atoms with van der Waals surface area (Å²) in [6.45, 7) is 2.46. The van der Waals surface area contributed by atoms with Crippen molar-refractivity contribution in [3.8, 4) is 0 Å². The highest BCUT2D eigenvalue weighted by atomic mass is 32.1. The van der Waals surface area contributed by atoms with Crippen molar-refractivity contribution in [3.05, 3.63) is 33.5 Å². The Kier molecular flexibility index (Phi) is 4.50. The predicted octanol–water partition coefficient (Wildman–Crippen LogP) is 2.73. The van der Waals surface area contributed by atoms with Crippen LogP contribution < -0.4 is 0 Å². The third-order valence-electron chi connectivity index (χ3n) is 4.07. The maximum atomic E-state index is 12.7. The first-order valence-corrected chi connectivity index (χ1v) is 8.63. The zero-order valence-electron chi connectivity index (χ0n) is 13.9. The number of carbonyl (C=O) groups excluding carboxylic acids is 1. The molecular weight excluding hydrogens is 312 g/mol. The van der Waals surface area contributed by atoms with E-state index in [2.05, 4.69) is 10.1 Å². The summed E-state index contributed by atoms with van der Waals surface area (Å²) in [5, 5.41) is 7.38. The second-order valence-electron chi connectivity index (χ2n) is 6.09. The first-order valence-electron chi connectivity index (χ1n) is 7.75. The van der Waals surface area contributed by atoms with E-state index in [1.807, 2.05) is 32.6 Å². The molecule has 2 aromatic heterocycles. The van der Waals surface area contributed by atoms with Gasteiger partial charge in [0.2, 0.25) is 0 Å². The van der Waals surface area contributed by atoms with Crippen LogP contribution in [0.15, 0.2) is 11.6 Å². The van der Waals surface area contributed by atoms with Gasteiger partial charge < -0.3 is 9.64 Å². The fourth-order valence-electron chi connectivity index (χ4n) is 2.53. The molecule has 0 bridgehead atoms. The minimum Gasteiger partial charge on any atom is -0.375 e. The van der Waals surface area contributed by atoms with Crippen molar-refractivity contribution in [3.63, 3.8) is 0 Å². The van der Waals surface area contributed by atoms with E-state index in [-0.39, 0.29) is 12.0 Å². The maximum absolute atomic E-state index is 12.7. The largest absolute Gasteiger partial charge is 0.375 e. The van der Waals surface area contributed by atoms with Crippen LogP contribution in [-0.2, 0) is 18.3 Å². The molecule has 0 radical (unpaired) electrons. The number of amides is 1. The topological polar surface area (TPSA) is 60.2 Å². The van der Waals surface area contributed by atoms with E-state index in [1.54, 1.807) is 28.0 Å². The van der Waals surface area contributed by atoms with Gasteiger partial charge in [0, 0.05) is 38.7 Å². The molecule has 1 saturated carbocycles. The zero-order chi connectivity index (χ0) is 16.6. The average Bonchev–Trinajstić information content (AvgIpc) is 3.16. The van der Waals surface area contributed by atoms with E-state index in [4.69, 9.17) is 4.74 Å². The first kappa shape index (κ1) is 16.1. The molecule has 2 aromatic rings. The number of hydrogen-bond acceptors (Lipinski definition) is 5. The van der Waals surface area contributed by atoms with Gasteiger partial charge in [-0.3, -0.25) is 9.48 Å². The SMILES string of the molecule is CO[C@@H](C)c1nc(CN(C)C(=O)c2cn(C)nc2C2CC2)cs1. The lowest BCUT2D eigenvalue weighted by molar-refractivity contribution is 0.0782. The number of rotatable bonds is 6. The molecule has 1 aliphatic rings. The number of ether oxygens (including phenoxy) is 1. The molecule has 1 fully saturated rings. The van der Waals surface area contributed by atoms with Crippen molar-refractivity contribution in [1.29, 1.82) is 0 Å². The van der Waals surface area contributed by atoms with Crippen molar-refractivity contribution in [2.45, 2.75) is 38.3 Å². The molecule has 1 aliphatic carbocycles. The number of aromatic nitrogens is 3. The average molecular weight is 334 g/mol. The number of thiazole rings is 1. The monoisotopic (exact) mass is 334 g/mol. The molecular formula is C16H22N4O2S. The normalized spacial score (nSPS) is 15.7. The van der Waals surface area contributed by atoms with Gasteiger partial charge >= 0.3 is 0 Å². The van der Waals surface area contributed by atoms with Gasteiger partial charge in [0.25, 0.3) is 5.91 Å². The quantitative estimate of drug-likeness (QED) is 0.815. The molecule has 7 heteroatoms. The lowest BCUT2D eigenvalue weighted by atomic mass is 10.1. The molecule has 2 heterocycles. The van der Waals surface area contributed by atoms with E-state index in [0.717, 1.165) is 34.8 Å². The summed E-state index contributed by atoms with van der Waals surface area (Å²) in [6.07, 6.45) is 4.07. The van der Waals surface area contributed by atoms with Crippen LogP contribution in [0.5, 0.6) is 0 Å². The van der Waals surface area contributed by atoms with Crippen molar-refractivity contribution in [2.24, 2.45) is 7.05 Å². The summed E-state index contributed by atoms with van der Waals surface area (Å²) < 4.78 is 7.01. The minimum absolute atomic E-state index is 0.00865. The summed E-state index contributed by atoms with van der Waals surface area (Å²) >= 11 is 1.56. The van der Waals surface area contributed by atoms with Gasteiger partial charge in [-0.25, -0.2) is 4.98 Å². The Labute approximate surface area is 140 Å². The molecule has 23 heavy (non-hydrogen) atoms. The van der Waals surface area contributed by atoms with Crippen LogP contribution in [0.3, 0.4) is 0 Å². The van der Waals surface area contributed by atoms with Gasteiger partial charge in [-0.2, -0.15) is 5.10 Å². The number of carbonyl (C=O) groups is 1. The van der Waals surface area contributed by atoms with Crippen LogP contribution in [0.1, 0.15) is 58.5 Å². The zero-order valence-corrected chi connectivity index (χ0v) is 14.8. The fourth-order valence-corrected chi connectivity index (χ4v) is 3.37. The molecule has 124 valence electrons. The highest BCUT2D eigenvalue weighted by molar-refractivity contribution is 7.09. The Hall–Kier alpha value is -1.73. The van der Waals surface area contributed by atoms with Crippen LogP contribution in [-0.4, -0.2) is 39.7 Å². The highest BCUT2D eigenvalue weighted by Gasteiger charge is 2.32. The standard InChI is InChI=1S/C16H22N4O2S/c1-10(22-4)15-17-12(9-23-15)7-19(2)16(21)13-8-20(3)18-14(13)11-5-6-11/h8-11H,5-7H2,1-4H3/t10-/m0/s1. The summed E-state index contributed by atoms with van der Waals surface area (Å²) in [6, 6.07) is 0. The summed E-state index contributed by atoms with van der Waals surface area (Å²) in [5.74, 6) is 0.464. The van der Waals surface area contributed by atoms with Crippen molar-refractivity contribution >= 4 is 17.2 Å². The van der Waals surface area contributed by atoms with Gasteiger partial charge in [-0.05, 0) is 19.8 Å². The smallest absolute Gasteiger partial charge is 0.257 e. The molecule has 0 saturated heterocycles. The Morgan fingerprint density at radius 2 is 2.30 bits per heavy atom. The van der Waals surface area contributed by atoms with Crippen molar-refractivity contribution in [1.82, 2.24) is 19.7 Å². The fraction of sp³-hybridized carbons (Fsp3) is 0.562. The molecule has 3 rings (SSSR count). The second kappa shape index (κ2) is 6.41. The second-order valence-corrected chi connectivity index (χ2v) is 6.98. The molecule has 0 unspecified atom stereocenters. The van der Waals surface area contributed by atoms with E-state index >= 15 is 0 Å². The Balaban J connectivity index is 1.71. The Morgan fingerprint density at radius 1 is 1.57 bits per heavy atom. The van der Waals surface area contributed by atoms with E-state index in [9.17, 15) is 4.79 Å². The van der Waals surface area contributed by atoms with Crippen molar-refractivity contribution in [2.75, 3.05) is 14.2 Å².